The minimum Gasteiger partial charge on any atom is -0.295 e. The highest BCUT2D eigenvalue weighted by Crippen LogP contribution is 2.19. The number of rotatable bonds is 3. The maximum atomic E-state index is 5.33. The first-order valence-electron chi connectivity index (χ1n) is 5.43. The fourth-order valence-electron chi connectivity index (χ4n) is 1.69. The zero-order valence-corrected chi connectivity index (χ0v) is 10.6. The van der Waals surface area contributed by atoms with Crippen molar-refractivity contribution in [3.8, 4) is 11.4 Å². The molecule has 1 unspecified atom stereocenters. The Balaban J connectivity index is 2.46. The van der Waals surface area contributed by atoms with Gasteiger partial charge in [0.1, 0.15) is 4.64 Å². The number of nitrogens with zero attached hydrogens (tertiary/aromatic N) is 3. The lowest BCUT2D eigenvalue weighted by Crippen LogP contribution is -2.06. The zero-order valence-electron chi connectivity index (χ0n) is 9.77. The first-order valence-corrected chi connectivity index (χ1v) is 5.84. The molecular weight excluding hydrogens is 220 g/mol. The van der Waals surface area contributed by atoms with Crippen LogP contribution < -0.4 is 0 Å². The molecule has 0 saturated carbocycles. The van der Waals surface area contributed by atoms with Crippen LogP contribution in [0.1, 0.15) is 26.3 Å². The lowest BCUT2D eigenvalue weighted by molar-refractivity contribution is 0.473. The number of nitrogens with one attached hydrogen (secondary N) is 1. The molecule has 16 heavy (non-hydrogen) atoms. The minimum absolute atomic E-state index is 0.398. The van der Waals surface area contributed by atoms with Gasteiger partial charge in [0.15, 0.2) is 0 Å². The van der Waals surface area contributed by atoms with Gasteiger partial charge < -0.3 is 0 Å². The summed E-state index contributed by atoms with van der Waals surface area (Å²) in [5.41, 5.74) is 2.07. The number of aryl methyl sites for hydroxylation is 1. The molecule has 1 atom stereocenters. The number of hydrogen-bond acceptors (Lipinski definition) is 2. The first-order chi connectivity index (χ1) is 7.63. The van der Waals surface area contributed by atoms with Gasteiger partial charge in [-0.1, -0.05) is 19.1 Å². The van der Waals surface area contributed by atoms with Crippen LogP contribution in [0, 0.1) is 4.64 Å². The van der Waals surface area contributed by atoms with Crippen LogP contribution in [-0.4, -0.2) is 19.6 Å². The van der Waals surface area contributed by atoms with E-state index >= 15 is 0 Å². The maximum absolute atomic E-state index is 5.33. The van der Waals surface area contributed by atoms with Gasteiger partial charge in [-0.15, -0.1) is 0 Å². The van der Waals surface area contributed by atoms with E-state index < -0.39 is 0 Å². The molecular formula is C11H16N4S. The van der Waals surface area contributed by atoms with E-state index in [-0.39, 0.29) is 0 Å². The molecule has 0 bridgehead atoms. The summed E-state index contributed by atoms with van der Waals surface area (Å²) in [6.45, 7) is 4.30. The number of hydrogen-bond donors (Lipinski definition) is 1. The summed E-state index contributed by atoms with van der Waals surface area (Å²) in [4.78, 5) is 0. The number of aromatic amines is 1. The number of H-pyrrole nitrogens is 1. The van der Waals surface area contributed by atoms with Gasteiger partial charge in [-0.25, -0.2) is 0 Å². The normalized spacial score (nSPS) is 12.9. The Labute approximate surface area is 99.9 Å². The Morgan fingerprint density at radius 1 is 1.56 bits per heavy atom. The average molecular weight is 236 g/mol. The van der Waals surface area contributed by atoms with E-state index in [1.807, 2.05) is 28.5 Å². The van der Waals surface area contributed by atoms with Gasteiger partial charge in [0, 0.05) is 25.4 Å². The molecule has 4 nitrogen and oxygen atoms in total. The molecule has 1 N–H and O–H groups in total. The van der Waals surface area contributed by atoms with Crippen molar-refractivity contribution in [3.05, 3.63) is 23.0 Å². The van der Waals surface area contributed by atoms with E-state index in [1.54, 1.807) is 6.20 Å². The van der Waals surface area contributed by atoms with Crippen LogP contribution >= 0.6 is 12.2 Å². The summed E-state index contributed by atoms with van der Waals surface area (Å²) in [7, 11) is 1.92. The fraction of sp³-hybridized carbons (Fsp3) is 0.455. The first kappa shape index (κ1) is 11.1. The van der Waals surface area contributed by atoms with Crippen LogP contribution in [0.5, 0.6) is 0 Å². The zero-order chi connectivity index (χ0) is 11.7. The molecule has 2 aromatic rings. The predicted molar refractivity (Wildman–Crippen MR) is 66.8 cm³/mol. The Bertz CT molecular complexity index is 534. The van der Waals surface area contributed by atoms with Crippen LogP contribution in [0.3, 0.4) is 0 Å². The van der Waals surface area contributed by atoms with Gasteiger partial charge in [0.05, 0.1) is 11.4 Å². The molecule has 0 aliphatic carbocycles. The van der Waals surface area contributed by atoms with Crippen molar-refractivity contribution in [2.75, 3.05) is 0 Å². The van der Waals surface area contributed by atoms with E-state index in [4.69, 9.17) is 12.2 Å². The summed E-state index contributed by atoms with van der Waals surface area (Å²) >= 11 is 5.33. The molecule has 0 aliphatic rings. The third kappa shape index (κ3) is 1.82. The molecule has 5 heteroatoms. The van der Waals surface area contributed by atoms with Crippen molar-refractivity contribution in [2.45, 2.75) is 26.3 Å². The second kappa shape index (κ2) is 4.25. The smallest absolute Gasteiger partial charge is 0.122 e. The Kier molecular flexibility index (Phi) is 2.96. The van der Waals surface area contributed by atoms with E-state index in [9.17, 15) is 0 Å². The van der Waals surface area contributed by atoms with Crippen molar-refractivity contribution >= 4 is 12.2 Å². The van der Waals surface area contributed by atoms with Gasteiger partial charge in [0.25, 0.3) is 0 Å². The maximum Gasteiger partial charge on any atom is 0.122 e. The average Bonchev–Trinajstić information content (AvgIpc) is 2.83. The van der Waals surface area contributed by atoms with Crippen LogP contribution in [-0.2, 0) is 7.05 Å². The Hall–Kier alpha value is -1.36. The lowest BCUT2D eigenvalue weighted by Gasteiger charge is -2.10. The van der Waals surface area contributed by atoms with Crippen LogP contribution in [0.15, 0.2) is 18.3 Å². The van der Waals surface area contributed by atoms with Crippen LogP contribution in [0.25, 0.3) is 11.4 Å². The summed E-state index contributed by atoms with van der Waals surface area (Å²) in [6, 6.07) is 4.36. The van der Waals surface area contributed by atoms with E-state index in [0.29, 0.717) is 6.04 Å². The summed E-state index contributed by atoms with van der Waals surface area (Å²) in [6.07, 6.45) is 2.84. The molecule has 2 aromatic heterocycles. The molecule has 86 valence electrons. The third-order valence-electron chi connectivity index (χ3n) is 2.87. The molecule has 0 aromatic carbocycles. The van der Waals surface area contributed by atoms with Gasteiger partial charge in [0.2, 0.25) is 0 Å². The largest absolute Gasteiger partial charge is 0.295 e. The van der Waals surface area contributed by atoms with Crippen LogP contribution in [0.4, 0.5) is 0 Å². The topological polar surface area (TPSA) is 38.5 Å². The van der Waals surface area contributed by atoms with E-state index in [0.717, 1.165) is 22.4 Å². The quantitative estimate of drug-likeness (QED) is 0.832. The lowest BCUT2D eigenvalue weighted by atomic mass is 10.3. The minimum atomic E-state index is 0.398. The summed E-state index contributed by atoms with van der Waals surface area (Å²) in [5.74, 6) is 0. The van der Waals surface area contributed by atoms with Crippen molar-refractivity contribution in [2.24, 2.45) is 7.05 Å². The van der Waals surface area contributed by atoms with E-state index in [2.05, 4.69) is 24.0 Å². The van der Waals surface area contributed by atoms with Crippen molar-refractivity contribution in [1.82, 2.24) is 19.6 Å². The Morgan fingerprint density at radius 2 is 2.31 bits per heavy atom. The molecule has 0 spiro atoms. The summed E-state index contributed by atoms with van der Waals surface area (Å²) < 4.78 is 4.70. The van der Waals surface area contributed by atoms with Gasteiger partial charge in [-0.05, 0) is 19.4 Å². The number of aromatic nitrogens is 4. The second-order valence-corrected chi connectivity index (χ2v) is 4.39. The van der Waals surface area contributed by atoms with Gasteiger partial charge in [-0.2, -0.15) is 5.10 Å². The highest BCUT2D eigenvalue weighted by atomic mass is 32.1. The molecule has 0 saturated heterocycles. The van der Waals surface area contributed by atoms with Gasteiger partial charge in [-0.3, -0.25) is 14.5 Å². The third-order valence-corrected chi connectivity index (χ3v) is 3.19. The molecule has 0 fully saturated rings. The highest BCUT2D eigenvalue weighted by Gasteiger charge is 2.09. The van der Waals surface area contributed by atoms with E-state index in [1.165, 1.54) is 0 Å². The standard InChI is InChI=1S/C11H16N4S/c1-4-8(2)15-11(16)7-9(13-15)10-5-6-12-14(10)3/h5-8,13H,4H2,1-3H3. The predicted octanol–water partition coefficient (Wildman–Crippen LogP) is 2.92. The SMILES string of the molecule is CCC(C)n1[nH]c(-c2ccnn2C)cc1=S. The highest BCUT2D eigenvalue weighted by molar-refractivity contribution is 7.71. The molecule has 0 radical (unpaired) electrons. The van der Waals surface area contributed by atoms with Crippen molar-refractivity contribution in [3.63, 3.8) is 0 Å². The molecule has 0 amide bonds. The van der Waals surface area contributed by atoms with Crippen LogP contribution in [0.2, 0.25) is 0 Å². The monoisotopic (exact) mass is 236 g/mol. The molecule has 0 aliphatic heterocycles. The molecule has 2 rings (SSSR count). The molecule has 2 heterocycles. The fourth-order valence-corrected chi connectivity index (χ4v) is 2.03. The second-order valence-electron chi connectivity index (χ2n) is 3.98. The van der Waals surface area contributed by atoms with Gasteiger partial charge >= 0.3 is 0 Å². The summed E-state index contributed by atoms with van der Waals surface area (Å²) in [5, 5.41) is 7.48. The Morgan fingerprint density at radius 3 is 2.88 bits per heavy atom. The van der Waals surface area contributed by atoms with Crippen molar-refractivity contribution in [1.29, 1.82) is 0 Å². The van der Waals surface area contributed by atoms with Crippen molar-refractivity contribution < 1.29 is 0 Å².